The average molecular weight is 302 g/mol. The molecule has 1 aromatic heterocycles. The molecule has 5 heteroatoms. The second-order valence-corrected chi connectivity index (χ2v) is 6.07. The highest BCUT2D eigenvalue weighted by Gasteiger charge is 2.16. The van der Waals surface area contributed by atoms with Crippen molar-refractivity contribution in [1.29, 1.82) is 0 Å². The fraction of sp³-hybridized carbons (Fsp3) is 0.312. The lowest BCUT2D eigenvalue weighted by Crippen LogP contribution is -2.33. The molecule has 0 aliphatic carbocycles. The number of ether oxygens (including phenoxy) is 1. The van der Waals surface area contributed by atoms with E-state index in [1.807, 2.05) is 35.7 Å². The van der Waals surface area contributed by atoms with Crippen molar-refractivity contribution >= 4 is 23.1 Å². The highest BCUT2D eigenvalue weighted by molar-refractivity contribution is 7.13. The van der Waals surface area contributed by atoms with Gasteiger partial charge >= 0.3 is 6.03 Å². The van der Waals surface area contributed by atoms with Crippen LogP contribution in [-0.4, -0.2) is 25.8 Å². The standard InChI is InChI=1S/C16H18N2O2S/c19-16(17-10-12-6-7-20-11-12)18-14-4-1-3-13(9-14)15-5-2-8-21-15/h1-5,8-9,12H,6-7,10-11H2,(H2,17,18,19). The number of nitrogens with one attached hydrogen (secondary N) is 2. The van der Waals surface area contributed by atoms with Crippen LogP contribution in [0.1, 0.15) is 6.42 Å². The number of urea groups is 1. The van der Waals surface area contributed by atoms with E-state index in [9.17, 15) is 4.79 Å². The van der Waals surface area contributed by atoms with E-state index in [1.54, 1.807) is 11.3 Å². The lowest BCUT2D eigenvalue weighted by molar-refractivity contribution is 0.185. The molecule has 0 saturated carbocycles. The minimum atomic E-state index is -0.162. The van der Waals surface area contributed by atoms with Gasteiger partial charge in [-0.1, -0.05) is 18.2 Å². The van der Waals surface area contributed by atoms with E-state index in [1.165, 1.54) is 4.88 Å². The van der Waals surface area contributed by atoms with Crippen LogP contribution in [0.4, 0.5) is 10.5 Å². The van der Waals surface area contributed by atoms with Crippen molar-refractivity contribution in [2.45, 2.75) is 6.42 Å². The maximum Gasteiger partial charge on any atom is 0.319 e. The number of rotatable bonds is 4. The molecule has 1 aliphatic rings. The molecule has 2 aromatic rings. The van der Waals surface area contributed by atoms with Crippen molar-refractivity contribution in [2.75, 3.05) is 25.1 Å². The molecule has 4 nitrogen and oxygen atoms in total. The Hall–Kier alpha value is -1.85. The molecule has 1 fully saturated rings. The van der Waals surface area contributed by atoms with Crippen LogP contribution in [0.25, 0.3) is 10.4 Å². The van der Waals surface area contributed by atoms with Gasteiger partial charge in [-0.25, -0.2) is 4.79 Å². The molecule has 1 aliphatic heterocycles. The van der Waals surface area contributed by atoms with Gasteiger partial charge in [-0.15, -0.1) is 11.3 Å². The van der Waals surface area contributed by atoms with Crippen molar-refractivity contribution in [3.8, 4) is 10.4 Å². The molecule has 2 amide bonds. The molecule has 1 unspecified atom stereocenters. The second-order valence-electron chi connectivity index (χ2n) is 5.12. The van der Waals surface area contributed by atoms with Crippen LogP contribution in [0.3, 0.4) is 0 Å². The van der Waals surface area contributed by atoms with E-state index in [-0.39, 0.29) is 6.03 Å². The Morgan fingerprint density at radius 2 is 2.29 bits per heavy atom. The highest BCUT2D eigenvalue weighted by Crippen LogP contribution is 2.26. The fourth-order valence-corrected chi connectivity index (χ4v) is 3.07. The molecule has 1 atom stereocenters. The number of hydrogen-bond acceptors (Lipinski definition) is 3. The molecule has 21 heavy (non-hydrogen) atoms. The SMILES string of the molecule is O=C(NCC1CCOC1)Nc1cccc(-c2cccs2)c1. The van der Waals surface area contributed by atoms with Crippen LogP contribution < -0.4 is 10.6 Å². The topological polar surface area (TPSA) is 50.4 Å². The summed E-state index contributed by atoms with van der Waals surface area (Å²) in [6.07, 6.45) is 1.02. The predicted octanol–water partition coefficient (Wildman–Crippen LogP) is 3.57. The van der Waals surface area contributed by atoms with Gasteiger partial charge in [0.15, 0.2) is 0 Å². The van der Waals surface area contributed by atoms with Gasteiger partial charge in [0.25, 0.3) is 0 Å². The number of thiophene rings is 1. The largest absolute Gasteiger partial charge is 0.381 e. The van der Waals surface area contributed by atoms with Crippen LogP contribution in [0.15, 0.2) is 41.8 Å². The molecule has 0 spiro atoms. The lowest BCUT2D eigenvalue weighted by atomic mass is 10.1. The zero-order valence-electron chi connectivity index (χ0n) is 11.7. The van der Waals surface area contributed by atoms with E-state index < -0.39 is 0 Å². The van der Waals surface area contributed by atoms with E-state index in [0.29, 0.717) is 12.5 Å². The number of carbonyl (C=O) groups is 1. The molecule has 0 bridgehead atoms. The maximum atomic E-state index is 11.9. The van der Waals surface area contributed by atoms with Crippen molar-refractivity contribution in [1.82, 2.24) is 5.32 Å². The highest BCUT2D eigenvalue weighted by atomic mass is 32.1. The molecule has 110 valence electrons. The Balaban J connectivity index is 1.56. The fourth-order valence-electron chi connectivity index (χ4n) is 2.35. The van der Waals surface area contributed by atoms with Crippen molar-refractivity contribution in [2.24, 2.45) is 5.92 Å². The number of benzene rings is 1. The molecule has 1 aromatic carbocycles. The van der Waals surface area contributed by atoms with Gasteiger partial charge < -0.3 is 15.4 Å². The maximum absolute atomic E-state index is 11.9. The van der Waals surface area contributed by atoms with E-state index in [4.69, 9.17) is 4.74 Å². The third-order valence-corrected chi connectivity index (χ3v) is 4.42. The quantitative estimate of drug-likeness (QED) is 0.907. The summed E-state index contributed by atoms with van der Waals surface area (Å²) in [4.78, 5) is 13.1. The summed E-state index contributed by atoms with van der Waals surface area (Å²) in [5, 5.41) is 7.83. The van der Waals surface area contributed by atoms with Crippen molar-refractivity contribution < 1.29 is 9.53 Å². The minimum Gasteiger partial charge on any atom is -0.381 e. The average Bonchev–Trinajstić information content (AvgIpc) is 3.19. The molecule has 1 saturated heterocycles. The molecule has 0 radical (unpaired) electrons. The number of carbonyl (C=O) groups excluding carboxylic acids is 1. The number of anilines is 1. The summed E-state index contributed by atoms with van der Waals surface area (Å²) < 4.78 is 5.29. The van der Waals surface area contributed by atoms with Gasteiger partial charge in [0, 0.05) is 29.6 Å². The van der Waals surface area contributed by atoms with Gasteiger partial charge in [0.05, 0.1) is 6.61 Å². The summed E-state index contributed by atoms with van der Waals surface area (Å²) in [6, 6.07) is 11.8. The Morgan fingerprint density at radius 3 is 3.05 bits per heavy atom. The van der Waals surface area contributed by atoms with Gasteiger partial charge in [0.2, 0.25) is 0 Å². The first-order chi connectivity index (χ1) is 10.3. The third kappa shape index (κ3) is 3.83. The first kappa shape index (κ1) is 14.1. The van der Waals surface area contributed by atoms with Crippen molar-refractivity contribution in [3.63, 3.8) is 0 Å². The van der Waals surface area contributed by atoms with Gasteiger partial charge in [-0.2, -0.15) is 0 Å². The van der Waals surface area contributed by atoms with E-state index in [0.717, 1.165) is 30.9 Å². The number of hydrogen-bond donors (Lipinski definition) is 2. The summed E-state index contributed by atoms with van der Waals surface area (Å²) in [5.41, 5.74) is 1.92. The zero-order chi connectivity index (χ0) is 14.5. The van der Waals surface area contributed by atoms with E-state index >= 15 is 0 Å². The predicted molar refractivity (Wildman–Crippen MR) is 85.7 cm³/mol. The van der Waals surface area contributed by atoms with Crippen LogP contribution in [0, 0.1) is 5.92 Å². The summed E-state index contributed by atoms with van der Waals surface area (Å²) in [7, 11) is 0. The monoisotopic (exact) mass is 302 g/mol. The Kier molecular flexibility index (Phi) is 4.52. The number of amides is 2. The van der Waals surface area contributed by atoms with Gasteiger partial charge in [0.1, 0.15) is 0 Å². The molecular formula is C16H18N2O2S. The van der Waals surface area contributed by atoms with Crippen LogP contribution in [0.5, 0.6) is 0 Å². The summed E-state index contributed by atoms with van der Waals surface area (Å²) in [6.45, 7) is 2.21. The zero-order valence-corrected chi connectivity index (χ0v) is 12.5. The van der Waals surface area contributed by atoms with Crippen LogP contribution in [-0.2, 0) is 4.74 Å². The molecule has 2 N–H and O–H groups in total. The van der Waals surface area contributed by atoms with Gasteiger partial charge in [-0.05, 0) is 35.6 Å². The normalized spacial score (nSPS) is 17.6. The first-order valence-electron chi connectivity index (χ1n) is 7.08. The molecular weight excluding hydrogens is 284 g/mol. The lowest BCUT2D eigenvalue weighted by Gasteiger charge is -2.11. The Bertz CT molecular complexity index is 592. The molecule has 2 heterocycles. The van der Waals surface area contributed by atoms with Crippen molar-refractivity contribution in [3.05, 3.63) is 41.8 Å². The second kappa shape index (κ2) is 6.74. The minimum absolute atomic E-state index is 0.162. The summed E-state index contributed by atoms with van der Waals surface area (Å²) in [5.74, 6) is 0.438. The Morgan fingerprint density at radius 1 is 1.33 bits per heavy atom. The summed E-state index contributed by atoms with van der Waals surface area (Å²) >= 11 is 1.69. The van der Waals surface area contributed by atoms with E-state index in [2.05, 4.69) is 16.7 Å². The van der Waals surface area contributed by atoms with Crippen LogP contribution in [0.2, 0.25) is 0 Å². The van der Waals surface area contributed by atoms with Gasteiger partial charge in [-0.3, -0.25) is 0 Å². The third-order valence-electron chi connectivity index (χ3n) is 3.50. The van der Waals surface area contributed by atoms with Crippen LogP contribution >= 0.6 is 11.3 Å². The smallest absolute Gasteiger partial charge is 0.319 e. The molecule has 3 rings (SSSR count). The Labute approximate surface area is 128 Å². The first-order valence-corrected chi connectivity index (χ1v) is 7.96.